The number of sulfonamides is 1. The fourth-order valence-electron chi connectivity index (χ4n) is 2.04. The van der Waals surface area contributed by atoms with Gasteiger partial charge in [0.15, 0.2) is 17.3 Å². The molecule has 0 atom stereocenters. The minimum atomic E-state index is -3.38. The van der Waals surface area contributed by atoms with Crippen LogP contribution in [0.5, 0.6) is 11.5 Å². The predicted molar refractivity (Wildman–Crippen MR) is 76.6 cm³/mol. The summed E-state index contributed by atoms with van der Waals surface area (Å²) in [6.07, 6.45) is 1.09. The molecule has 9 nitrogen and oxygen atoms in total. The topological polar surface area (TPSA) is 107 Å². The molecule has 10 heteroatoms. The zero-order valence-corrected chi connectivity index (χ0v) is 12.8. The van der Waals surface area contributed by atoms with Crippen molar-refractivity contribution in [1.29, 1.82) is 0 Å². The molecule has 0 spiro atoms. The summed E-state index contributed by atoms with van der Waals surface area (Å²) in [5.74, 6) is 1.39. The van der Waals surface area contributed by atoms with Gasteiger partial charge >= 0.3 is 5.69 Å². The van der Waals surface area contributed by atoms with E-state index in [0.29, 0.717) is 17.2 Å². The molecule has 0 saturated carbocycles. The molecule has 0 radical (unpaired) electrons. The Morgan fingerprint density at radius 2 is 2.09 bits per heavy atom. The Morgan fingerprint density at radius 3 is 2.82 bits per heavy atom. The summed E-state index contributed by atoms with van der Waals surface area (Å²) < 4.78 is 35.9. The van der Waals surface area contributed by atoms with Crippen LogP contribution < -0.4 is 15.2 Å². The zero-order valence-electron chi connectivity index (χ0n) is 11.9. The van der Waals surface area contributed by atoms with E-state index in [-0.39, 0.29) is 19.2 Å². The van der Waals surface area contributed by atoms with E-state index in [9.17, 15) is 13.2 Å². The molecule has 0 unspecified atom stereocenters. The number of nitrogens with one attached hydrogen (secondary N) is 1. The van der Waals surface area contributed by atoms with E-state index in [1.165, 1.54) is 11.6 Å². The highest BCUT2D eigenvalue weighted by Crippen LogP contribution is 2.33. The Hall–Kier alpha value is -2.33. The van der Waals surface area contributed by atoms with Crippen LogP contribution in [0.15, 0.2) is 23.0 Å². The van der Waals surface area contributed by atoms with Crippen molar-refractivity contribution in [3.8, 4) is 17.2 Å². The molecular formula is C12H14N4O5S. The van der Waals surface area contributed by atoms with Crippen LogP contribution in [0, 0.1) is 0 Å². The van der Waals surface area contributed by atoms with E-state index < -0.39 is 15.7 Å². The molecule has 118 valence electrons. The molecule has 0 aliphatic carbocycles. The maximum absolute atomic E-state index is 12.0. The standard InChI is InChI=1S/C12H14N4O5S/c1-15(22(2,18)19)6-11-13-14-12(17)16(11)8-3-4-9-10(5-8)21-7-20-9/h3-5H,6-7H2,1-2H3,(H,14,17). The van der Waals surface area contributed by atoms with Crippen LogP contribution in [0.4, 0.5) is 0 Å². The van der Waals surface area contributed by atoms with Gasteiger partial charge in [-0.2, -0.15) is 9.40 Å². The van der Waals surface area contributed by atoms with Gasteiger partial charge in [-0.25, -0.2) is 22.9 Å². The summed E-state index contributed by atoms with van der Waals surface area (Å²) in [5, 5.41) is 6.21. The highest BCUT2D eigenvalue weighted by molar-refractivity contribution is 7.88. The first kappa shape index (κ1) is 14.6. The molecule has 0 amide bonds. The lowest BCUT2D eigenvalue weighted by molar-refractivity contribution is 0.174. The van der Waals surface area contributed by atoms with Crippen LogP contribution in [-0.2, 0) is 16.6 Å². The smallest absolute Gasteiger partial charge is 0.347 e. The largest absolute Gasteiger partial charge is 0.454 e. The van der Waals surface area contributed by atoms with E-state index in [1.54, 1.807) is 18.2 Å². The van der Waals surface area contributed by atoms with E-state index in [0.717, 1.165) is 10.6 Å². The fourth-order valence-corrected chi connectivity index (χ4v) is 2.39. The molecule has 1 aliphatic rings. The van der Waals surface area contributed by atoms with Gasteiger partial charge in [0.2, 0.25) is 16.8 Å². The maximum atomic E-state index is 12.0. The van der Waals surface area contributed by atoms with Gasteiger partial charge in [0.1, 0.15) is 0 Å². The Balaban J connectivity index is 2.01. The molecule has 0 bridgehead atoms. The van der Waals surface area contributed by atoms with Crippen molar-refractivity contribution < 1.29 is 17.9 Å². The van der Waals surface area contributed by atoms with Crippen LogP contribution in [-0.4, -0.2) is 47.6 Å². The number of nitrogens with zero attached hydrogens (tertiary/aromatic N) is 3. The van der Waals surface area contributed by atoms with Gasteiger partial charge in [-0.1, -0.05) is 0 Å². The average molecular weight is 326 g/mol. The van der Waals surface area contributed by atoms with Crippen molar-refractivity contribution >= 4 is 10.0 Å². The van der Waals surface area contributed by atoms with Crippen molar-refractivity contribution in [2.24, 2.45) is 0 Å². The van der Waals surface area contributed by atoms with Crippen molar-refractivity contribution in [1.82, 2.24) is 19.1 Å². The number of hydrogen-bond acceptors (Lipinski definition) is 6. The lowest BCUT2D eigenvalue weighted by Crippen LogP contribution is -2.27. The summed E-state index contributed by atoms with van der Waals surface area (Å²) in [7, 11) is -1.97. The molecular weight excluding hydrogens is 312 g/mol. The quantitative estimate of drug-likeness (QED) is 0.825. The van der Waals surface area contributed by atoms with Gasteiger partial charge in [-0.15, -0.1) is 0 Å². The summed E-state index contributed by atoms with van der Waals surface area (Å²) in [6, 6.07) is 5.00. The first-order chi connectivity index (χ1) is 10.4. The van der Waals surface area contributed by atoms with Crippen molar-refractivity contribution in [3.63, 3.8) is 0 Å². The minimum absolute atomic E-state index is 0.0357. The number of hydrogen-bond donors (Lipinski definition) is 1. The Kier molecular flexibility index (Phi) is 3.41. The molecule has 1 N–H and O–H groups in total. The van der Waals surface area contributed by atoms with Gasteiger partial charge in [-0.05, 0) is 12.1 Å². The molecule has 22 heavy (non-hydrogen) atoms. The van der Waals surface area contributed by atoms with E-state index in [4.69, 9.17) is 9.47 Å². The SMILES string of the molecule is CN(Cc1n[nH]c(=O)n1-c1ccc2c(c1)OCO2)S(C)(=O)=O. The maximum Gasteiger partial charge on any atom is 0.347 e. The Bertz CT molecular complexity index is 870. The second kappa shape index (κ2) is 5.14. The van der Waals surface area contributed by atoms with E-state index in [2.05, 4.69) is 10.2 Å². The molecule has 1 aromatic carbocycles. The lowest BCUT2D eigenvalue weighted by Gasteiger charge is -2.14. The molecule has 2 heterocycles. The fraction of sp³-hybridized carbons (Fsp3) is 0.333. The highest BCUT2D eigenvalue weighted by atomic mass is 32.2. The summed E-state index contributed by atoms with van der Waals surface area (Å²) in [5.41, 5.74) is 0.0515. The Labute approximate surface area is 126 Å². The number of benzene rings is 1. The van der Waals surface area contributed by atoms with Gasteiger partial charge in [0.05, 0.1) is 18.5 Å². The third kappa shape index (κ3) is 2.57. The third-order valence-corrected chi connectivity index (χ3v) is 4.55. The molecule has 1 aliphatic heterocycles. The summed E-state index contributed by atoms with van der Waals surface area (Å²) >= 11 is 0. The van der Waals surface area contributed by atoms with E-state index >= 15 is 0 Å². The van der Waals surface area contributed by atoms with Crippen molar-refractivity contribution in [3.05, 3.63) is 34.5 Å². The predicted octanol–water partition coefficient (Wildman–Crippen LogP) is -0.319. The normalized spacial score (nSPS) is 13.8. The second-order valence-corrected chi connectivity index (χ2v) is 6.93. The number of rotatable bonds is 4. The summed E-state index contributed by atoms with van der Waals surface area (Å²) in [6.45, 7) is 0.0920. The number of ether oxygens (including phenoxy) is 2. The van der Waals surface area contributed by atoms with E-state index in [1.807, 2.05) is 0 Å². The molecule has 3 rings (SSSR count). The van der Waals surface area contributed by atoms with Crippen molar-refractivity contribution in [2.75, 3.05) is 20.1 Å². The van der Waals surface area contributed by atoms with Gasteiger partial charge in [0, 0.05) is 13.1 Å². The first-order valence-electron chi connectivity index (χ1n) is 6.34. The van der Waals surface area contributed by atoms with Gasteiger partial charge < -0.3 is 9.47 Å². The molecule has 1 aromatic heterocycles. The zero-order chi connectivity index (χ0) is 15.9. The van der Waals surface area contributed by atoms with Crippen LogP contribution >= 0.6 is 0 Å². The van der Waals surface area contributed by atoms with Crippen LogP contribution in [0.2, 0.25) is 0 Å². The van der Waals surface area contributed by atoms with Crippen molar-refractivity contribution in [2.45, 2.75) is 6.54 Å². The van der Waals surface area contributed by atoms with Crippen LogP contribution in [0.25, 0.3) is 5.69 Å². The molecule has 0 fully saturated rings. The number of aromatic amines is 1. The number of aromatic nitrogens is 3. The first-order valence-corrected chi connectivity index (χ1v) is 8.19. The minimum Gasteiger partial charge on any atom is -0.454 e. The van der Waals surface area contributed by atoms with Gasteiger partial charge in [0.25, 0.3) is 0 Å². The van der Waals surface area contributed by atoms with Crippen LogP contribution in [0.3, 0.4) is 0 Å². The Morgan fingerprint density at radius 1 is 1.36 bits per heavy atom. The van der Waals surface area contributed by atoms with Crippen LogP contribution in [0.1, 0.15) is 5.82 Å². The molecule has 0 saturated heterocycles. The average Bonchev–Trinajstić information content (AvgIpc) is 3.03. The monoisotopic (exact) mass is 326 g/mol. The highest BCUT2D eigenvalue weighted by Gasteiger charge is 2.20. The van der Waals surface area contributed by atoms with Gasteiger partial charge in [-0.3, -0.25) is 0 Å². The number of H-pyrrole nitrogens is 1. The summed E-state index contributed by atoms with van der Waals surface area (Å²) in [4.78, 5) is 12.0. The molecule has 2 aromatic rings. The third-order valence-electron chi connectivity index (χ3n) is 3.29. The lowest BCUT2D eigenvalue weighted by atomic mass is 10.2. The number of fused-ring (bicyclic) bond motifs is 1. The second-order valence-electron chi connectivity index (χ2n) is 4.84.